The van der Waals surface area contributed by atoms with E-state index in [4.69, 9.17) is 4.74 Å². The molecule has 1 N–H and O–H groups in total. The monoisotopic (exact) mass is 331 g/mol. The van der Waals surface area contributed by atoms with Crippen molar-refractivity contribution in [1.82, 2.24) is 24.6 Å². The van der Waals surface area contributed by atoms with Crippen LogP contribution in [0.25, 0.3) is 0 Å². The Labute approximate surface area is 139 Å². The van der Waals surface area contributed by atoms with Gasteiger partial charge in [-0.05, 0) is 19.9 Å². The van der Waals surface area contributed by atoms with E-state index in [2.05, 4.69) is 15.1 Å². The Morgan fingerprint density at radius 2 is 2.29 bits per heavy atom. The molecule has 1 amide bonds. The van der Waals surface area contributed by atoms with Gasteiger partial charge in [-0.3, -0.25) is 14.3 Å². The van der Waals surface area contributed by atoms with E-state index in [1.807, 2.05) is 19.2 Å². The lowest BCUT2D eigenvalue weighted by Crippen LogP contribution is -2.43. The van der Waals surface area contributed by atoms with Crippen LogP contribution in [0.5, 0.6) is 0 Å². The number of nitrogens with one attached hydrogen (secondary N) is 1. The number of carbonyl (C=O) groups excluding carboxylic acids is 1. The Morgan fingerprint density at radius 1 is 1.46 bits per heavy atom. The van der Waals surface area contributed by atoms with Crippen LogP contribution in [0.2, 0.25) is 0 Å². The first-order valence-corrected chi connectivity index (χ1v) is 7.98. The van der Waals surface area contributed by atoms with Crippen molar-refractivity contribution >= 4 is 5.91 Å². The van der Waals surface area contributed by atoms with Crippen LogP contribution in [0.15, 0.2) is 23.1 Å². The van der Waals surface area contributed by atoms with Crippen molar-refractivity contribution < 1.29 is 9.53 Å². The molecule has 0 radical (unpaired) electrons. The molecule has 1 fully saturated rings. The van der Waals surface area contributed by atoms with Crippen LogP contribution in [-0.4, -0.2) is 50.3 Å². The number of nitrogens with zero attached hydrogens (tertiary/aromatic N) is 4. The molecule has 8 nitrogen and oxygen atoms in total. The number of hydrogen-bond acceptors (Lipinski definition) is 5. The second-order valence-corrected chi connectivity index (χ2v) is 5.93. The maximum Gasteiger partial charge on any atom is 0.251 e. The number of amides is 1. The van der Waals surface area contributed by atoms with Gasteiger partial charge in [-0.1, -0.05) is 0 Å². The molecule has 1 unspecified atom stereocenters. The Morgan fingerprint density at radius 3 is 3.00 bits per heavy atom. The minimum Gasteiger partial charge on any atom is -0.368 e. The fraction of sp³-hybridized carbons (Fsp3) is 0.500. The first-order chi connectivity index (χ1) is 11.5. The molecular weight excluding hydrogens is 310 g/mol. The van der Waals surface area contributed by atoms with E-state index in [1.54, 1.807) is 16.5 Å². The smallest absolute Gasteiger partial charge is 0.251 e. The highest BCUT2D eigenvalue weighted by atomic mass is 16.5. The van der Waals surface area contributed by atoms with Crippen LogP contribution in [0.3, 0.4) is 0 Å². The Balaban J connectivity index is 1.62. The van der Waals surface area contributed by atoms with Crippen LogP contribution >= 0.6 is 0 Å². The molecule has 3 heterocycles. The highest BCUT2D eigenvalue weighted by Gasteiger charge is 2.26. The number of carbonyl (C=O) groups is 1. The van der Waals surface area contributed by atoms with E-state index in [-0.39, 0.29) is 17.6 Å². The van der Waals surface area contributed by atoms with Gasteiger partial charge in [0.05, 0.1) is 24.5 Å². The number of aromatic nitrogens is 4. The van der Waals surface area contributed by atoms with Gasteiger partial charge in [-0.2, -0.15) is 5.10 Å². The van der Waals surface area contributed by atoms with Gasteiger partial charge >= 0.3 is 0 Å². The van der Waals surface area contributed by atoms with Crippen molar-refractivity contribution in [2.75, 3.05) is 19.7 Å². The summed E-state index contributed by atoms with van der Waals surface area (Å²) in [4.78, 5) is 32.7. The van der Waals surface area contributed by atoms with Crippen molar-refractivity contribution in [1.29, 1.82) is 0 Å². The zero-order valence-corrected chi connectivity index (χ0v) is 13.9. The summed E-state index contributed by atoms with van der Waals surface area (Å²) >= 11 is 0. The molecule has 2 aromatic rings. The molecule has 0 aliphatic carbocycles. The third-order valence-corrected chi connectivity index (χ3v) is 3.96. The topological polar surface area (TPSA) is 93.1 Å². The van der Waals surface area contributed by atoms with Crippen LogP contribution < -0.4 is 5.56 Å². The summed E-state index contributed by atoms with van der Waals surface area (Å²) in [6, 6.07) is 3.34. The van der Waals surface area contributed by atoms with E-state index in [1.165, 1.54) is 6.07 Å². The lowest BCUT2D eigenvalue weighted by atomic mass is 10.2. The standard InChI is InChI=1S/C16H21N5O3/c1-11-3-5-21(19-11)6-4-16(23)20-7-8-24-14(10-20)13-9-15(22)18-12(2)17-13/h3,5,9,14H,4,6-8,10H2,1-2H3,(H,17,18,22). The van der Waals surface area contributed by atoms with Gasteiger partial charge in [-0.25, -0.2) is 4.98 Å². The molecule has 0 saturated carbocycles. The molecule has 128 valence electrons. The second kappa shape index (κ2) is 6.96. The summed E-state index contributed by atoms with van der Waals surface area (Å²) in [5.41, 5.74) is 1.29. The van der Waals surface area contributed by atoms with Crippen molar-refractivity contribution in [3.8, 4) is 0 Å². The summed E-state index contributed by atoms with van der Waals surface area (Å²) in [5.74, 6) is 0.594. The lowest BCUT2D eigenvalue weighted by molar-refractivity contribution is -0.139. The molecule has 1 atom stereocenters. The number of aryl methyl sites for hydroxylation is 3. The number of rotatable bonds is 4. The molecule has 1 saturated heterocycles. The average molecular weight is 331 g/mol. The quantitative estimate of drug-likeness (QED) is 0.884. The Bertz CT molecular complexity index is 782. The van der Waals surface area contributed by atoms with Gasteiger partial charge in [0.25, 0.3) is 5.56 Å². The molecule has 0 bridgehead atoms. The fourth-order valence-electron chi connectivity index (χ4n) is 2.78. The fourth-order valence-corrected chi connectivity index (χ4v) is 2.78. The number of hydrogen-bond donors (Lipinski definition) is 1. The largest absolute Gasteiger partial charge is 0.368 e. The molecule has 3 rings (SSSR count). The van der Waals surface area contributed by atoms with Crippen LogP contribution in [0.1, 0.15) is 29.7 Å². The molecule has 0 aromatic carbocycles. The first kappa shape index (κ1) is 16.4. The summed E-state index contributed by atoms with van der Waals surface area (Å²) in [5, 5.41) is 4.28. The van der Waals surface area contributed by atoms with Crippen LogP contribution in [0.4, 0.5) is 0 Å². The summed E-state index contributed by atoms with van der Waals surface area (Å²) in [6.07, 6.45) is 1.89. The van der Waals surface area contributed by atoms with Gasteiger partial charge in [0, 0.05) is 31.8 Å². The van der Waals surface area contributed by atoms with Gasteiger partial charge in [-0.15, -0.1) is 0 Å². The van der Waals surface area contributed by atoms with Gasteiger partial charge in [0.1, 0.15) is 11.9 Å². The first-order valence-electron chi connectivity index (χ1n) is 7.98. The van der Waals surface area contributed by atoms with Gasteiger partial charge in [0.2, 0.25) is 5.91 Å². The van der Waals surface area contributed by atoms with Gasteiger partial charge < -0.3 is 14.6 Å². The maximum atomic E-state index is 12.4. The normalized spacial score (nSPS) is 17.9. The molecule has 1 aliphatic rings. The third-order valence-electron chi connectivity index (χ3n) is 3.96. The molecular formula is C16H21N5O3. The van der Waals surface area contributed by atoms with E-state index in [0.717, 1.165) is 5.69 Å². The highest BCUT2D eigenvalue weighted by Crippen LogP contribution is 2.20. The highest BCUT2D eigenvalue weighted by molar-refractivity contribution is 5.76. The van der Waals surface area contributed by atoms with Crippen molar-refractivity contribution in [3.63, 3.8) is 0 Å². The van der Waals surface area contributed by atoms with Crippen LogP contribution in [-0.2, 0) is 16.1 Å². The van der Waals surface area contributed by atoms with E-state index >= 15 is 0 Å². The predicted molar refractivity (Wildman–Crippen MR) is 86.4 cm³/mol. The summed E-state index contributed by atoms with van der Waals surface area (Å²) in [7, 11) is 0. The molecule has 2 aromatic heterocycles. The third kappa shape index (κ3) is 3.88. The zero-order valence-electron chi connectivity index (χ0n) is 13.9. The predicted octanol–water partition coefficient (Wildman–Crippen LogP) is 0.573. The molecule has 8 heteroatoms. The Hall–Kier alpha value is -2.48. The molecule has 24 heavy (non-hydrogen) atoms. The number of morpholine rings is 1. The SMILES string of the molecule is Cc1ccn(CCC(=O)N2CCOC(c3cc(=O)[nH]c(C)n3)C2)n1. The summed E-state index contributed by atoms with van der Waals surface area (Å²) in [6.45, 7) is 5.59. The second-order valence-electron chi connectivity index (χ2n) is 5.93. The van der Waals surface area contributed by atoms with Crippen LogP contribution in [0, 0.1) is 13.8 Å². The molecule has 0 spiro atoms. The number of aromatic amines is 1. The number of H-pyrrole nitrogens is 1. The van der Waals surface area contributed by atoms with E-state index in [0.29, 0.717) is 44.2 Å². The van der Waals surface area contributed by atoms with Crippen molar-refractivity contribution in [2.24, 2.45) is 0 Å². The van der Waals surface area contributed by atoms with E-state index < -0.39 is 0 Å². The minimum absolute atomic E-state index is 0.0537. The minimum atomic E-state index is -0.365. The molecule has 1 aliphatic heterocycles. The van der Waals surface area contributed by atoms with Crippen molar-refractivity contribution in [2.45, 2.75) is 32.9 Å². The van der Waals surface area contributed by atoms with E-state index in [9.17, 15) is 9.59 Å². The Kier molecular flexibility index (Phi) is 4.75. The average Bonchev–Trinajstić information content (AvgIpc) is 2.97. The van der Waals surface area contributed by atoms with Gasteiger partial charge in [0.15, 0.2) is 0 Å². The summed E-state index contributed by atoms with van der Waals surface area (Å²) < 4.78 is 7.46. The number of ether oxygens (including phenoxy) is 1. The zero-order chi connectivity index (χ0) is 17.1. The maximum absolute atomic E-state index is 12.4. The van der Waals surface area contributed by atoms with Crippen molar-refractivity contribution in [3.05, 3.63) is 45.9 Å². The lowest BCUT2D eigenvalue weighted by Gasteiger charge is -2.32.